The zero-order valence-corrected chi connectivity index (χ0v) is 13.7. The third-order valence-electron chi connectivity index (χ3n) is 3.01. The van der Waals surface area contributed by atoms with E-state index in [1.807, 2.05) is 36.4 Å². The Morgan fingerprint density at radius 2 is 2.00 bits per heavy atom. The van der Waals surface area contributed by atoms with Crippen LogP contribution in [-0.2, 0) is 0 Å². The molecule has 1 unspecified atom stereocenters. The Morgan fingerprint density at radius 3 is 2.80 bits per heavy atom. The van der Waals surface area contributed by atoms with Crippen LogP contribution < -0.4 is 5.32 Å². The predicted molar refractivity (Wildman–Crippen MR) is 91.9 cm³/mol. The van der Waals surface area contributed by atoms with Gasteiger partial charge in [0.2, 0.25) is 0 Å². The van der Waals surface area contributed by atoms with Crippen LogP contribution in [0.15, 0.2) is 58.0 Å². The lowest BCUT2D eigenvalue weighted by molar-refractivity contribution is 0.849. The molecule has 1 aliphatic rings. The Bertz CT molecular complexity index is 646. The number of aliphatic imine (C=N–C) groups is 1. The van der Waals surface area contributed by atoms with Crippen LogP contribution in [0.2, 0.25) is 5.02 Å². The van der Waals surface area contributed by atoms with Crippen molar-refractivity contribution < 1.29 is 0 Å². The first-order chi connectivity index (χ1) is 9.72. The number of nitrogens with one attached hydrogen (secondary N) is 1. The molecule has 0 aromatic heterocycles. The molecular weight excluding hydrogens is 356 g/mol. The average molecular weight is 368 g/mol. The summed E-state index contributed by atoms with van der Waals surface area (Å²) in [5, 5.41) is 4.91. The van der Waals surface area contributed by atoms with E-state index in [9.17, 15) is 0 Å². The smallest absolute Gasteiger partial charge is 0.161 e. The van der Waals surface area contributed by atoms with Crippen molar-refractivity contribution in [1.29, 1.82) is 0 Å². The Morgan fingerprint density at radius 1 is 1.20 bits per heavy atom. The van der Waals surface area contributed by atoms with Gasteiger partial charge in [-0.15, -0.1) is 0 Å². The highest BCUT2D eigenvalue weighted by atomic mass is 79.9. The summed E-state index contributed by atoms with van der Waals surface area (Å²) in [4.78, 5) is 4.72. The van der Waals surface area contributed by atoms with Gasteiger partial charge >= 0.3 is 0 Å². The average Bonchev–Trinajstić information content (AvgIpc) is 2.92. The third-order valence-corrected chi connectivity index (χ3v) is 4.79. The van der Waals surface area contributed by atoms with E-state index in [1.165, 1.54) is 5.56 Å². The Labute approximate surface area is 135 Å². The SMILES string of the molecule is Clc1ccc(Br)cc1NC1=NC(c2ccccc2)CS1. The first-order valence-electron chi connectivity index (χ1n) is 6.20. The number of anilines is 1. The molecule has 0 bridgehead atoms. The number of benzene rings is 2. The fourth-order valence-electron chi connectivity index (χ4n) is 2.00. The zero-order valence-electron chi connectivity index (χ0n) is 10.5. The summed E-state index contributed by atoms with van der Waals surface area (Å²) in [5.41, 5.74) is 2.12. The predicted octanol–water partition coefficient (Wildman–Crippen LogP) is 5.36. The molecule has 1 atom stereocenters. The summed E-state index contributed by atoms with van der Waals surface area (Å²) >= 11 is 11.3. The molecule has 1 aliphatic heterocycles. The van der Waals surface area contributed by atoms with Gasteiger partial charge in [0.05, 0.1) is 16.8 Å². The number of hydrogen-bond acceptors (Lipinski definition) is 3. The van der Waals surface area contributed by atoms with Crippen molar-refractivity contribution in [3.8, 4) is 0 Å². The molecule has 2 nitrogen and oxygen atoms in total. The van der Waals surface area contributed by atoms with Gasteiger partial charge in [0.1, 0.15) is 0 Å². The van der Waals surface area contributed by atoms with Gasteiger partial charge in [-0.2, -0.15) is 0 Å². The van der Waals surface area contributed by atoms with Crippen molar-refractivity contribution in [3.05, 3.63) is 63.6 Å². The largest absolute Gasteiger partial charge is 0.334 e. The van der Waals surface area contributed by atoms with Crippen molar-refractivity contribution >= 4 is 50.1 Å². The van der Waals surface area contributed by atoms with Crippen LogP contribution in [0, 0.1) is 0 Å². The number of nitrogens with zero attached hydrogens (tertiary/aromatic N) is 1. The number of rotatable bonds is 2. The van der Waals surface area contributed by atoms with Crippen LogP contribution in [-0.4, -0.2) is 10.9 Å². The van der Waals surface area contributed by atoms with E-state index in [2.05, 4.69) is 33.4 Å². The topological polar surface area (TPSA) is 24.4 Å². The van der Waals surface area contributed by atoms with Crippen LogP contribution in [0.25, 0.3) is 0 Å². The van der Waals surface area contributed by atoms with Gasteiger partial charge in [0.25, 0.3) is 0 Å². The summed E-state index contributed by atoms with van der Waals surface area (Å²) in [5.74, 6) is 0.956. The van der Waals surface area contributed by atoms with E-state index < -0.39 is 0 Å². The molecule has 5 heteroatoms. The van der Waals surface area contributed by atoms with Gasteiger partial charge in [-0.3, -0.25) is 4.99 Å². The second-order valence-corrected chi connectivity index (χ2v) is 6.75. The van der Waals surface area contributed by atoms with Gasteiger partial charge in [0.15, 0.2) is 5.17 Å². The molecule has 3 rings (SSSR count). The maximum atomic E-state index is 6.18. The minimum absolute atomic E-state index is 0.217. The number of halogens is 2. The fourth-order valence-corrected chi connectivity index (χ4v) is 3.49. The Kier molecular flexibility index (Phi) is 4.34. The molecule has 102 valence electrons. The van der Waals surface area contributed by atoms with Crippen LogP contribution >= 0.6 is 39.3 Å². The second-order valence-electron chi connectivity index (χ2n) is 4.42. The molecule has 1 N–H and O–H groups in total. The van der Waals surface area contributed by atoms with Gasteiger partial charge in [-0.25, -0.2) is 0 Å². The molecule has 0 spiro atoms. The number of thioether (sulfide) groups is 1. The lowest BCUT2D eigenvalue weighted by Crippen LogP contribution is -2.05. The Balaban J connectivity index is 1.77. The highest BCUT2D eigenvalue weighted by Gasteiger charge is 2.20. The Hall–Kier alpha value is -0.970. The number of hydrogen-bond donors (Lipinski definition) is 1. The third kappa shape index (κ3) is 3.19. The molecule has 20 heavy (non-hydrogen) atoms. The first kappa shape index (κ1) is 14.0. The lowest BCUT2D eigenvalue weighted by atomic mass is 10.1. The van der Waals surface area contributed by atoms with Crippen molar-refractivity contribution in [2.24, 2.45) is 4.99 Å². The van der Waals surface area contributed by atoms with E-state index in [-0.39, 0.29) is 6.04 Å². The molecule has 2 aromatic rings. The monoisotopic (exact) mass is 366 g/mol. The van der Waals surface area contributed by atoms with E-state index in [4.69, 9.17) is 16.6 Å². The van der Waals surface area contributed by atoms with Crippen LogP contribution in [0.1, 0.15) is 11.6 Å². The fraction of sp³-hybridized carbons (Fsp3) is 0.133. The van der Waals surface area contributed by atoms with E-state index in [0.717, 1.165) is 21.1 Å². The molecule has 0 amide bonds. The van der Waals surface area contributed by atoms with Crippen LogP contribution in [0.3, 0.4) is 0 Å². The van der Waals surface area contributed by atoms with E-state index >= 15 is 0 Å². The second kappa shape index (κ2) is 6.20. The molecule has 2 aromatic carbocycles. The number of amidine groups is 1. The highest BCUT2D eigenvalue weighted by molar-refractivity contribution is 9.10. The summed E-state index contributed by atoms with van der Waals surface area (Å²) in [7, 11) is 0. The summed E-state index contributed by atoms with van der Waals surface area (Å²) in [6.45, 7) is 0. The van der Waals surface area contributed by atoms with Gasteiger partial charge in [-0.05, 0) is 23.8 Å². The summed E-state index contributed by atoms with van der Waals surface area (Å²) in [6, 6.07) is 16.3. The first-order valence-corrected chi connectivity index (χ1v) is 8.35. The van der Waals surface area contributed by atoms with Gasteiger partial charge in [-0.1, -0.05) is 69.6 Å². The molecule has 0 saturated carbocycles. The standard InChI is InChI=1S/C15H12BrClN2S/c16-11-6-7-12(17)13(8-11)18-15-19-14(9-20-15)10-4-2-1-3-5-10/h1-8,14H,9H2,(H,18,19). The highest BCUT2D eigenvalue weighted by Crippen LogP contribution is 2.33. The molecule has 0 fully saturated rings. The molecule has 0 aliphatic carbocycles. The van der Waals surface area contributed by atoms with Crippen LogP contribution in [0.5, 0.6) is 0 Å². The minimum atomic E-state index is 0.217. The molecule has 1 heterocycles. The van der Waals surface area contributed by atoms with Gasteiger partial charge < -0.3 is 5.32 Å². The van der Waals surface area contributed by atoms with E-state index in [0.29, 0.717) is 5.02 Å². The van der Waals surface area contributed by atoms with Crippen molar-refractivity contribution in [3.63, 3.8) is 0 Å². The molecule has 0 radical (unpaired) electrons. The summed E-state index contributed by atoms with van der Waals surface area (Å²) < 4.78 is 0.993. The van der Waals surface area contributed by atoms with Crippen LogP contribution in [0.4, 0.5) is 5.69 Å². The van der Waals surface area contributed by atoms with Gasteiger partial charge in [0, 0.05) is 10.2 Å². The molecular formula is C15H12BrClN2S. The maximum Gasteiger partial charge on any atom is 0.161 e. The van der Waals surface area contributed by atoms with Crippen molar-refractivity contribution in [1.82, 2.24) is 0 Å². The maximum absolute atomic E-state index is 6.18. The zero-order chi connectivity index (χ0) is 13.9. The molecule has 0 saturated heterocycles. The normalized spacial score (nSPS) is 17.9. The van der Waals surface area contributed by atoms with Crippen molar-refractivity contribution in [2.75, 3.05) is 11.1 Å². The van der Waals surface area contributed by atoms with Crippen molar-refractivity contribution in [2.45, 2.75) is 6.04 Å². The summed E-state index contributed by atoms with van der Waals surface area (Å²) in [6.07, 6.45) is 0. The quantitative estimate of drug-likeness (QED) is 0.773. The lowest BCUT2D eigenvalue weighted by Gasteiger charge is -2.07. The minimum Gasteiger partial charge on any atom is -0.334 e. The van der Waals surface area contributed by atoms with E-state index in [1.54, 1.807) is 11.8 Å².